The summed E-state index contributed by atoms with van der Waals surface area (Å²) in [6, 6.07) is 6.96. The average molecular weight is 205 g/mol. The second-order valence-corrected chi connectivity index (χ2v) is 2.81. The molecule has 0 aliphatic carbocycles. The molecule has 0 atom stereocenters. The highest BCUT2D eigenvalue weighted by Gasteiger charge is 2.15. The van der Waals surface area contributed by atoms with E-state index in [1.807, 2.05) is 5.43 Å². The minimum absolute atomic E-state index is 0.126. The van der Waals surface area contributed by atoms with Crippen molar-refractivity contribution in [2.45, 2.75) is 0 Å². The predicted octanol–water partition coefficient (Wildman–Crippen LogP) is 0.776. The first-order valence-electron chi connectivity index (χ1n) is 4.08. The zero-order valence-electron chi connectivity index (χ0n) is 7.62. The summed E-state index contributed by atoms with van der Waals surface area (Å²) in [6.45, 7) is 3.47. The highest BCUT2D eigenvalue weighted by atomic mass is 16.7. The van der Waals surface area contributed by atoms with Crippen molar-refractivity contribution in [1.29, 1.82) is 0 Å². The van der Waals surface area contributed by atoms with Gasteiger partial charge in [0.2, 0.25) is 0 Å². The van der Waals surface area contributed by atoms with Gasteiger partial charge in [-0.2, -0.15) is 10.5 Å². The minimum Gasteiger partial charge on any atom is -0.235 e. The number of nitro groups is 1. The summed E-state index contributed by atoms with van der Waals surface area (Å²) >= 11 is 0. The Morgan fingerprint density at radius 2 is 2.27 bits per heavy atom. The lowest BCUT2D eigenvalue weighted by atomic mass is 10.1. The van der Waals surface area contributed by atoms with E-state index in [9.17, 15) is 10.1 Å². The fourth-order valence-corrected chi connectivity index (χ4v) is 1.25. The molecule has 0 unspecified atom stereocenters. The Hall–Kier alpha value is -2.44. The molecule has 0 aromatic heterocycles. The molecule has 1 heterocycles. The van der Waals surface area contributed by atoms with Crippen molar-refractivity contribution < 1.29 is 9.83 Å². The number of hydrazine groups is 1. The molecule has 7 heteroatoms. The molecule has 7 nitrogen and oxygen atoms in total. The number of hydrogen-bond acceptors (Lipinski definition) is 3. The Kier molecular flexibility index (Phi) is 2.05. The monoisotopic (exact) mass is 205 g/mol. The number of nitrogens with one attached hydrogen (secondary N) is 1. The van der Waals surface area contributed by atoms with Crippen molar-refractivity contribution in [1.82, 2.24) is 5.43 Å². The molecule has 0 saturated carbocycles. The Labute approximate surface area is 84.8 Å². The maximum atomic E-state index is 10.3. The zero-order valence-corrected chi connectivity index (χ0v) is 7.62. The Morgan fingerprint density at radius 1 is 1.53 bits per heavy atom. The first-order valence-corrected chi connectivity index (χ1v) is 4.08. The van der Waals surface area contributed by atoms with E-state index in [1.165, 1.54) is 0 Å². The van der Waals surface area contributed by atoms with Gasteiger partial charge in [-0.1, -0.05) is 24.3 Å². The first-order chi connectivity index (χ1) is 7.16. The molecule has 0 saturated heterocycles. The van der Waals surface area contributed by atoms with E-state index in [-0.39, 0.29) is 5.84 Å². The molecular weight excluding hydrogens is 198 g/mol. The van der Waals surface area contributed by atoms with Crippen LogP contribution < -0.4 is 5.43 Å². The van der Waals surface area contributed by atoms with Crippen molar-refractivity contribution in [2.75, 3.05) is 0 Å². The molecule has 2 rings (SSSR count). The number of hydrazone groups is 1. The topological polar surface area (TPSA) is 84.6 Å². The van der Waals surface area contributed by atoms with E-state index in [0.29, 0.717) is 11.3 Å². The molecule has 0 fully saturated rings. The number of amidine groups is 1. The molecule has 0 radical (unpaired) electrons. The normalized spacial score (nSPS) is 13.6. The van der Waals surface area contributed by atoms with Gasteiger partial charge >= 0.3 is 0 Å². The number of hydrogen-bond donors (Lipinski definition) is 1. The third-order valence-electron chi connectivity index (χ3n) is 1.79. The van der Waals surface area contributed by atoms with Crippen LogP contribution in [0, 0.1) is 10.1 Å². The molecule has 15 heavy (non-hydrogen) atoms. The van der Waals surface area contributed by atoms with E-state index in [1.54, 1.807) is 24.3 Å². The van der Waals surface area contributed by atoms with E-state index in [0.717, 1.165) is 4.79 Å². The standard InChI is InChI=1S/C8H7N5O2/c1-12-9-7-5-3-2-4-6(7)8(10-12)11-13(14)15/h2-5H,1H2,(H,9,10,11). The van der Waals surface area contributed by atoms with E-state index in [2.05, 4.69) is 17.2 Å². The number of nitrogens with zero attached hydrogens (tertiary/aromatic N) is 4. The summed E-state index contributed by atoms with van der Waals surface area (Å²) in [6.07, 6.45) is 0. The second-order valence-electron chi connectivity index (χ2n) is 2.81. The lowest BCUT2D eigenvalue weighted by Crippen LogP contribution is -2.32. The van der Waals surface area contributed by atoms with Crippen LogP contribution in [-0.2, 0) is 0 Å². The van der Waals surface area contributed by atoms with Crippen LogP contribution in [-0.4, -0.2) is 22.4 Å². The van der Waals surface area contributed by atoms with Gasteiger partial charge in [0.15, 0.2) is 17.6 Å². The van der Waals surface area contributed by atoms with Crippen molar-refractivity contribution in [3.63, 3.8) is 0 Å². The largest absolute Gasteiger partial charge is 0.235 e. The molecule has 1 N–H and O–H groups in total. The molecule has 0 bridgehead atoms. The number of benzene rings is 1. The van der Waals surface area contributed by atoms with Crippen molar-refractivity contribution in [3.05, 3.63) is 45.4 Å². The summed E-state index contributed by atoms with van der Waals surface area (Å²) in [7, 11) is 0. The van der Waals surface area contributed by atoms with Crippen LogP contribution in [0.3, 0.4) is 0 Å². The second kappa shape index (κ2) is 3.37. The van der Waals surface area contributed by atoms with Gasteiger partial charge in [-0.05, 0) is 0 Å². The molecule has 1 aromatic rings. The summed E-state index contributed by atoms with van der Waals surface area (Å²) < 4.78 is 0. The third-order valence-corrected chi connectivity index (χ3v) is 1.79. The van der Waals surface area contributed by atoms with Crippen molar-refractivity contribution in [3.8, 4) is 0 Å². The van der Waals surface area contributed by atoms with Crippen LogP contribution in [0.1, 0.15) is 5.56 Å². The van der Waals surface area contributed by atoms with E-state index in [4.69, 9.17) is 0 Å². The van der Waals surface area contributed by atoms with Gasteiger partial charge in [-0.15, -0.1) is 10.2 Å². The molecule has 1 aliphatic heterocycles. The molecular formula is C8H7N5O2. The fraction of sp³-hybridized carbons (Fsp3) is 0. The van der Waals surface area contributed by atoms with Crippen LogP contribution in [0.15, 0.2) is 29.4 Å². The fourth-order valence-electron chi connectivity index (χ4n) is 1.25. The molecule has 1 aliphatic rings. The van der Waals surface area contributed by atoms with Gasteiger partial charge in [-0.25, -0.2) is 10.1 Å². The Bertz CT molecular complexity index is 468. The highest BCUT2D eigenvalue weighted by molar-refractivity contribution is 6.03. The molecule has 76 valence electrons. The van der Waals surface area contributed by atoms with Gasteiger partial charge in [0.25, 0.3) is 0 Å². The summed E-state index contributed by atoms with van der Waals surface area (Å²) in [5.74, 6) is 0.126. The lowest BCUT2D eigenvalue weighted by Gasteiger charge is -2.18. The predicted molar refractivity (Wildman–Crippen MR) is 53.5 cm³/mol. The molecule has 0 amide bonds. The quantitative estimate of drug-likeness (QED) is 0.417. The van der Waals surface area contributed by atoms with Gasteiger partial charge in [-0.3, -0.25) is 0 Å². The van der Waals surface area contributed by atoms with E-state index >= 15 is 0 Å². The zero-order chi connectivity index (χ0) is 10.8. The third kappa shape index (κ3) is 1.75. The lowest BCUT2D eigenvalue weighted by molar-refractivity contribution is -0.529. The Morgan fingerprint density at radius 3 is 3.00 bits per heavy atom. The number of rotatable bonds is 1. The van der Waals surface area contributed by atoms with Gasteiger partial charge in [0.1, 0.15) is 0 Å². The molecule has 1 aromatic carbocycles. The minimum atomic E-state index is -0.672. The van der Waals surface area contributed by atoms with Crippen LogP contribution in [0.5, 0.6) is 0 Å². The summed E-state index contributed by atoms with van der Waals surface area (Å²) in [4.78, 5) is 11.4. The summed E-state index contributed by atoms with van der Waals surface area (Å²) in [5, 5.41) is 13.4. The van der Waals surface area contributed by atoms with Crippen molar-refractivity contribution >= 4 is 18.2 Å². The van der Waals surface area contributed by atoms with Crippen LogP contribution in [0.2, 0.25) is 0 Å². The van der Waals surface area contributed by atoms with Crippen LogP contribution >= 0.6 is 0 Å². The first kappa shape index (κ1) is 9.13. The molecule has 0 spiro atoms. The van der Waals surface area contributed by atoms with Gasteiger partial charge < -0.3 is 0 Å². The Balaban J connectivity index is 2.44. The van der Waals surface area contributed by atoms with Gasteiger partial charge in [0.05, 0.1) is 0 Å². The maximum Gasteiger partial charge on any atom is 0.162 e. The van der Waals surface area contributed by atoms with Gasteiger partial charge in [0, 0.05) is 11.3 Å². The highest BCUT2D eigenvalue weighted by Crippen LogP contribution is 2.27. The van der Waals surface area contributed by atoms with E-state index < -0.39 is 5.03 Å². The van der Waals surface area contributed by atoms with Crippen LogP contribution in [0.25, 0.3) is 5.43 Å². The summed E-state index contributed by atoms with van der Waals surface area (Å²) in [5.41, 5.74) is 7.14. The van der Waals surface area contributed by atoms with Crippen molar-refractivity contribution in [2.24, 2.45) is 5.10 Å². The smallest absolute Gasteiger partial charge is 0.162 e. The maximum absolute atomic E-state index is 10.3. The van der Waals surface area contributed by atoms with Crippen LogP contribution in [0.4, 0.5) is 5.69 Å². The average Bonchev–Trinajstić information content (AvgIpc) is 2.16. The SMILES string of the molecule is C=[N+]1N=C(N[N+](=O)[O-])c2ccccc2[N-]1. The number of fused-ring (bicyclic) bond motifs is 1.